The third-order valence-electron chi connectivity index (χ3n) is 5.99. The van der Waals surface area contributed by atoms with Gasteiger partial charge in [0.1, 0.15) is 5.75 Å². The molecule has 0 N–H and O–H groups in total. The maximum atomic E-state index is 12.8. The Morgan fingerprint density at radius 3 is 2.12 bits per heavy atom. The first kappa shape index (κ1) is 26.0. The Labute approximate surface area is 199 Å². The Morgan fingerprint density at radius 2 is 1.56 bits per heavy atom. The van der Waals surface area contributed by atoms with E-state index in [0.717, 1.165) is 49.4 Å². The Bertz CT molecular complexity index is 943. The number of halogens is 3. The van der Waals surface area contributed by atoms with E-state index in [0.29, 0.717) is 24.9 Å². The Balaban J connectivity index is 1.51. The molecule has 1 heterocycles. The van der Waals surface area contributed by atoms with Crippen molar-refractivity contribution in [3.63, 3.8) is 0 Å². The molecule has 1 saturated heterocycles. The van der Waals surface area contributed by atoms with Crippen molar-refractivity contribution in [1.29, 1.82) is 0 Å². The number of alkyl halides is 3. The highest BCUT2D eigenvalue weighted by molar-refractivity contribution is 5.79. The quantitative estimate of drug-likeness (QED) is 0.492. The van der Waals surface area contributed by atoms with Crippen LogP contribution in [0.15, 0.2) is 48.5 Å². The van der Waals surface area contributed by atoms with Crippen molar-refractivity contribution in [3.8, 4) is 5.75 Å². The summed E-state index contributed by atoms with van der Waals surface area (Å²) in [6, 6.07) is 13.5. The van der Waals surface area contributed by atoms with Gasteiger partial charge in [0.2, 0.25) is 0 Å². The van der Waals surface area contributed by atoms with E-state index >= 15 is 0 Å². The van der Waals surface area contributed by atoms with E-state index in [1.807, 2.05) is 24.3 Å². The lowest BCUT2D eigenvalue weighted by Gasteiger charge is -2.40. The van der Waals surface area contributed by atoms with Crippen molar-refractivity contribution < 1.29 is 27.4 Å². The number of hydrogen-bond donors (Lipinski definition) is 0. The predicted octanol–water partition coefficient (Wildman–Crippen LogP) is 5.13. The molecule has 3 rings (SSSR count). The van der Waals surface area contributed by atoms with Crippen LogP contribution in [0.5, 0.6) is 5.75 Å². The molecule has 8 heteroatoms. The minimum absolute atomic E-state index is 0.306. The number of esters is 1. The van der Waals surface area contributed by atoms with Gasteiger partial charge in [0.15, 0.2) is 5.60 Å². The standard InChI is InChI=1S/C26H33F3N2O3/c1-5-33-24(32)25(3,4)34-23-12-8-21(9-13-23)18-31-15-14-30(16-19(31)2)17-20-6-10-22(11-7-20)26(27,28)29/h6-13,19H,5,14-18H2,1-4H3. The monoisotopic (exact) mass is 478 g/mol. The molecule has 34 heavy (non-hydrogen) atoms. The molecule has 2 aromatic rings. The zero-order chi connectivity index (χ0) is 24.9. The van der Waals surface area contributed by atoms with Crippen molar-refractivity contribution in [3.05, 3.63) is 65.2 Å². The second kappa shape index (κ2) is 10.8. The van der Waals surface area contributed by atoms with Gasteiger partial charge in [-0.15, -0.1) is 0 Å². The van der Waals surface area contributed by atoms with Gasteiger partial charge in [0, 0.05) is 38.8 Å². The van der Waals surface area contributed by atoms with Gasteiger partial charge in [-0.1, -0.05) is 24.3 Å². The molecule has 0 amide bonds. The minimum atomic E-state index is -4.31. The predicted molar refractivity (Wildman–Crippen MR) is 124 cm³/mol. The highest BCUT2D eigenvalue weighted by Crippen LogP contribution is 2.29. The number of nitrogens with zero attached hydrogens (tertiary/aromatic N) is 2. The molecule has 0 aliphatic carbocycles. The fourth-order valence-electron chi connectivity index (χ4n) is 4.05. The SMILES string of the molecule is CCOC(=O)C(C)(C)Oc1ccc(CN2CCN(Cc3ccc(C(F)(F)F)cc3)CC2C)cc1. The number of rotatable bonds is 8. The van der Waals surface area contributed by atoms with Crippen LogP contribution in [0.2, 0.25) is 0 Å². The maximum absolute atomic E-state index is 12.8. The summed E-state index contributed by atoms with van der Waals surface area (Å²) in [5.41, 5.74) is 0.352. The van der Waals surface area contributed by atoms with Crippen LogP contribution in [0.3, 0.4) is 0 Å². The zero-order valence-corrected chi connectivity index (χ0v) is 20.2. The van der Waals surface area contributed by atoms with Gasteiger partial charge in [0.05, 0.1) is 12.2 Å². The third-order valence-corrected chi connectivity index (χ3v) is 5.99. The second-order valence-electron chi connectivity index (χ2n) is 9.23. The summed E-state index contributed by atoms with van der Waals surface area (Å²) in [7, 11) is 0. The first-order valence-corrected chi connectivity index (χ1v) is 11.6. The molecule has 0 saturated carbocycles. The van der Waals surface area contributed by atoms with E-state index in [4.69, 9.17) is 9.47 Å². The first-order chi connectivity index (χ1) is 16.0. The molecular weight excluding hydrogens is 445 g/mol. The van der Waals surface area contributed by atoms with Crippen LogP contribution in [0.1, 0.15) is 44.4 Å². The van der Waals surface area contributed by atoms with Gasteiger partial charge in [-0.2, -0.15) is 13.2 Å². The lowest BCUT2D eigenvalue weighted by Crippen LogP contribution is -2.50. The van der Waals surface area contributed by atoms with Gasteiger partial charge >= 0.3 is 12.1 Å². The van der Waals surface area contributed by atoms with E-state index in [1.165, 1.54) is 0 Å². The van der Waals surface area contributed by atoms with E-state index in [1.54, 1.807) is 32.9 Å². The molecule has 0 aromatic heterocycles. The number of piperazine rings is 1. The summed E-state index contributed by atoms with van der Waals surface area (Å²) < 4.78 is 49.2. The molecule has 1 unspecified atom stereocenters. The van der Waals surface area contributed by atoms with Gasteiger partial charge in [-0.3, -0.25) is 9.80 Å². The van der Waals surface area contributed by atoms with Crippen LogP contribution in [0.4, 0.5) is 13.2 Å². The molecule has 186 valence electrons. The normalized spacial score (nSPS) is 18.0. The smallest absolute Gasteiger partial charge is 0.416 e. The highest BCUT2D eigenvalue weighted by atomic mass is 19.4. The van der Waals surface area contributed by atoms with Crippen LogP contribution >= 0.6 is 0 Å². The molecule has 1 aliphatic heterocycles. The molecule has 0 radical (unpaired) electrons. The average molecular weight is 479 g/mol. The van der Waals surface area contributed by atoms with Crippen molar-refractivity contribution in [2.24, 2.45) is 0 Å². The average Bonchev–Trinajstić information content (AvgIpc) is 2.76. The molecule has 0 bridgehead atoms. The van der Waals surface area contributed by atoms with E-state index in [-0.39, 0.29) is 0 Å². The van der Waals surface area contributed by atoms with E-state index < -0.39 is 23.3 Å². The zero-order valence-electron chi connectivity index (χ0n) is 20.2. The fourth-order valence-corrected chi connectivity index (χ4v) is 4.05. The largest absolute Gasteiger partial charge is 0.476 e. The summed E-state index contributed by atoms with van der Waals surface area (Å²) in [6.45, 7) is 11.6. The summed E-state index contributed by atoms with van der Waals surface area (Å²) in [5.74, 6) is 0.207. The molecule has 1 atom stereocenters. The minimum Gasteiger partial charge on any atom is -0.476 e. The highest BCUT2D eigenvalue weighted by Gasteiger charge is 2.32. The van der Waals surface area contributed by atoms with Crippen LogP contribution in [-0.2, 0) is 28.8 Å². The van der Waals surface area contributed by atoms with Gasteiger partial charge in [-0.05, 0) is 63.1 Å². The van der Waals surface area contributed by atoms with Crippen LogP contribution in [0.25, 0.3) is 0 Å². The van der Waals surface area contributed by atoms with Crippen molar-refractivity contribution in [1.82, 2.24) is 9.80 Å². The lowest BCUT2D eigenvalue weighted by atomic mass is 10.1. The topological polar surface area (TPSA) is 42.0 Å². The van der Waals surface area contributed by atoms with Gasteiger partial charge < -0.3 is 9.47 Å². The van der Waals surface area contributed by atoms with Crippen molar-refractivity contribution >= 4 is 5.97 Å². The summed E-state index contributed by atoms with van der Waals surface area (Å²) in [5, 5.41) is 0. The number of hydrogen-bond acceptors (Lipinski definition) is 5. The summed E-state index contributed by atoms with van der Waals surface area (Å²) >= 11 is 0. The fraction of sp³-hybridized carbons (Fsp3) is 0.500. The molecule has 0 spiro atoms. The molecule has 5 nitrogen and oxygen atoms in total. The van der Waals surface area contributed by atoms with Crippen LogP contribution < -0.4 is 4.74 Å². The maximum Gasteiger partial charge on any atom is 0.416 e. The van der Waals surface area contributed by atoms with E-state index in [9.17, 15) is 18.0 Å². The van der Waals surface area contributed by atoms with Crippen molar-refractivity contribution in [2.75, 3.05) is 26.2 Å². The lowest BCUT2D eigenvalue weighted by molar-refractivity contribution is -0.158. The third kappa shape index (κ3) is 6.96. The molecular formula is C26H33F3N2O3. The van der Waals surface area contributed by atoms with Gasteiger partial charge in [0.25, 0.3) is 0 Å². The molecule has 1 fully saturated rings. The van der Waals surface area contributed by atoms with E-state index in [2.05, 4.69) is 16.7 Å². The number of carbonyl (C=O) groups excluding carboxylic acids is 1. The summed E-state index contributed by atoms with van der Waals surface area (Å²) in [6.07, 6.45) is -4.31. The first-order valence-electron chi connectivity index (χ1n) is 11.6. The molecule has 1 aliphatic rings. The number of benzene rings is 2. The molecule has 2 aromatic carbocycles. The number of ether oxygens (including phenoxy) is 2. The second-order valence-corrected chi connectivity index (χ2v) is 9.23. The Hall–Kier alpha value is -2.58. The summed E-state index contributed by atoms with van der Waals surface area (Å²) in [4.78, 5) is 16.7. The van der Waals surface area contributed by atoms with Crippen molar-refractivity contribution in [2.45, 2.75) is 58.6 Å². The van der Waals surface area contributed by atoms with Gasteiger partial charge in [-0.25, -0.2) is 4.79 Å². The Kier molecular flexibility index (Phi) is 8.25. The number of carbonyl (C=O) groups is 1. The van der Waals surface area contributed by atoms with Crippen LogP contribution in [0, 0.1) is 0 Å². The van der Waals surface area contributed by atoms with Crippen LogP contribution in [-0.4, -0.2) is 53.7 Å². The Morgan fingerprint density at radius 1 is 0.971 bits per heavy atom.